The smallest absolute Gasteiger partial charge is 0.350 e. The minimum absolute atomic E-state index is 0.162. The van der Waals surface area contributed by atoms with Gasteiger partial charge >= 0.3 is 5.69 Å². The molecule has 202 valence electrons. The van der Waals surface area contributed by atoms with Gasteiger partial charge in [-0.25, -0.2) is 4.79 Å². The fraction of sp³-hybridized carbons (Fsp3) is 0.643. The zero-order valence-electron chi connectivity index (χ0n) is 22.0. The Morgan fingerprint density at radius 3 is 2.43 bits per heavy atom. The summed E-state index contributed by atoms with van der Waals surface area (Å²) >= 11 is 0. The van der Waals surface area contributed by atoms with Crippen LogP contribution in [0.5, 0.6) is 11.5 Å². The zero-order valence-corrected chi connectivity index (χ0v) is 22.0. The maximum absolute atomic E-state index is 13.0. The minimum atomic E-state index is -0.205. The molecule has 5 rings (SSSR count). The highest BCUT2D eigenvalue weighted by Crippen LogP contribution is 2.43. The van der Waals surface area contributed by atoms with E-state index in [1.165, 1.54) is 5.56 Å². The molecule has 9 heteroatoms. The molecule has 1 aromatic heterocycles. The summed E-state index contributed by atoms with van der Waals surface area (Å²) in [7, 11) is 0. The van der Waals surface area contributed by atoms with Gasteiger partial charge in [-0.05, 0) is 120 Å². The first-order valence-corrected chi connectivity index (χ1v) is 14.2. The summed E-state index contributed by atoms with van der Waals surface area (Å²) in [6.45, 7) is 6.72. The molecule has 0 radical (unpaired) electrons. The van der Waals surface area contributed by atoms with Gasteiger partial charge in [-0.3, -0.25) is 4.57 Å². The zero-order chi connectivity index (χ0) is 25.6. The topological polar surface area (TPSA) is 123 Å². The van der Waals surface area contributed by atoms with Gasteiger partial charge in [0.1, 0.15) is 0 Å². The molecule has 0 amide bonds. The second-order valence-electron chi connectivity index (χ2n) is 10.9. The molecule has 0 atom stereocenters. The summed E-state index contributed by atoms with van der Waals surface area (Å²) in [6.07, 6.45) is 10.4. The number of rotatable bonds is 10. The van der Waals surface area contributed by atoms with Crippen LogP contribution in [-0.2, 0) is 0 Å². The molecule has 2 aliphatic heterocycles. The van der Waals surface area contributed by atoms with Crippen LogP contribution in [0.25, 0.3) is 0 Å². The first-order chi connectivity index (χ1) is 18.1. The molecule has 3 heterocycles. The lowest BCUT2D eigenvalue weighted by atomic mass is 9.85. The lowest BCUT2D eigenvalue weighted by Crippen LogP contribution is -2.36. The van der Waals surface area contributed by atoms with Gasteiger partial charge in [-0.2, -0.15) is 4.98 Å². The summed E-state index contributed by atoms with van der Waals surface area (Å²) in [6, 6.07) is 6.55. The molecular weight excluding hydrogens is 466 g/mol. The summed E-state index contributed by atoms with van der Waals surface area (Å²) in [5, 5.41) is 6.79. The Balaban J connectivity index is 1.22. The van der Waals surface area contributed by atoms with Crippen molar-refractivity contribution in [3.8, 4) is 11.5 Å². The van der Waals surface area contributed by atoms with Crippen molar-refractivity contribution < 1.29 is 4.74 Å². The summed E-state index contributed by atoms with van der Waals surface area (Å²) in [5.74, 6) is 3.13. The quantitative estimate of drug-likeness (QED) is 0.328. The summed E-state index contributed by atoms with van der Waals surface area (Å²) in [4.78, 5) is 19.9. The maximum Gasteiger partial charge on any atom is 0.350 e. The van der Waals surface area contributed by atoms with Gasteiger partial charge in [0.25, 0.3) is 0 Å². The monoisotopic (exact) mass is 509 g/mol. The molecule has 0 bridgehead atoms. The van der Waals surface area contributed by atoms with E-state index in [9.17, 15) is 4.79 Å². The Labute approximate surface area is 220 Å². The predicted octanol–water partition coefficient (Wildman–Crippen LogP) is 3.29. The Morgan fingerprint density at radius 1 is 1.00 bits per heavy atom. The molecule has 6 N–H and O–H groups in total. The minimum Gasteiger partial charge on any atom is -0.450 e. The van der Waals surface area contributed by atoms with Gasteiger partial charge < -0.3 is 31.7 Å². The van der Waals surface area contributed by atoms with E-state index in [1.807, 2.05) is 12.3 Å². The van der Waals surface area contributed by atoms with Crippen LogP contribution in [0.3, 0.4) is 0 Å². The van der Waals surface area contributed by atoms with Crippen LogP contribution >= 0.6 is 0 Å². The van der Waals surface area contributed by atoms with Crippen molar-refractivity contribution >= 4 is 11.5 Å². The van der Waals surface area contributed by atoms with Crippen LogP contribution in [-0.4, -0.2) is 60.3 Å². The molecular formula is C28H43N7O2. The third-order valence-electron chi connectivity index (χ3n) is 8.29. The number of hydrogen-bond acceptors (Lipinski definition) is 8. The van der Waals surface area contributed by atoms with E-state index in [4.69, 9.17) is 16.2 Å². The summed E-state index contributed by atoms with van der Waals surface area (Å²) < 4.78 is 8.03. The van der Waals surface area contributed by atoms with Crippen molar-refractivity contribution in [3.63, 3.8) is 0 Å². The maximum atomic E-state index is 13.0. The number of hydrogen-bond donors (Lipinski definition) is 4. The number of ether oxygens (including phenoxy) is 1. The highest BCUT2D eigenvalue weighted by molar-refractivity contribution is 5.73. The molecule has 37 heavy (non-hydrogen) atoms. The van der Waals surface area contributed by atoms with Gasteiger partial charge in [0.2, 0.25) is 0 Å². The van der Waals surface area contributed by atoms with Gasteiger partial charge in [-0.15, -0.1) is 0 Å². The molecule has 1 saturated heterocycles. The standard InChI is InChI=1S/C28H43N7O2/c29-11-1-15-34(16-2-12-30)18-20-3-6-23(7-4-20)35-19-26-27(33-28(35)36)32-24-17-22(5-8-25(24)37-26)21-9-13-31-14-10-21/h5,8,17,19-21,23,31H,1-4,6-7,9-16,18,29-30H2,(H,32,33,36)/t20-,23-. The largest absolute Gasteiger partial charge is 0.450 e. The van der Waals surface area contributed by atoms with E-state index in [-0.39, 0.29) is 11.7 Å². The highest BCUT2D eigenvalue weighted by Gasteiger charge is 2.27. The normalized spacial score (nSPS) is 21.7. The molecule has 3 aliphatic rings. The third kappa shape index (κ3) is 6.34. The molecule has 1 aliphatic carbocycles. The fourth-order valence-electron chi connectivity index (χ4n) is 6.16. The Bertz CT molecular complexity index is 1080. The first-order valence-electron chi connectivity index (χ1n) is 14.2. The molecule has 2 aromatic rings. The van der Waals surface area contributed by atoms with E-state index >= 15 is 0 Å². The van der Waals surface area contributed by atoms with Crippen LogP contribution in [0.15, 0.2) is 29.2 Å². The predicted molar refractivity (Wildman–Crippen MR) is 148 cm³/mol. The number of piperidine rings is 1. The fourth-order valence-corrected chi connectivity index (χ4v) is 6.16. The average Bonchev–Trinajstić information content (AvgIpc) is 2.93. The number of aromatic nitrogens is 2. The van der Waals surface area contributed by atoms with Crippen LogP contribution in [0.2, 0.25) is 0 Å². The Morgan fingerprint density at radius 2 is 1.73 bits per heavy atom. The van der Waals surface area contributed by atoms with Crippen molar-refractivity contribution in [3.05, 3.63) is 40.4 Å². The average molecular weight is 510 g/mol. The number of nitrogens with one attached hydrogen (secondary N) is 2. The lowest BCUT2D eigenvalue weighted by molar-refractivity contribution is 0.178. The number of fused-ring (bicyclic) bond motifs is 2. The van der Waals surface area contributed by atoms with Crippen LogP contribution in [0, 0.1) is 5.92 Å². The van der Waals surface area contributed by atoms with Crippen molar-refractivity contribution in [2.75, 3.05) is 51.1 Å². The number of benzene rings is 1. The molecule has 0 unspecified atom stereocenters. The van der Waals surface area contributed by atoms with E-state index < -0.39 is 0 Å². The van der Waals surface area contributed by atoms with Crippen LogP contribution in [0.4, 0.5) is 11.5 Å². The Hall–Kier alpha value is -2.46. The Kier molecular flexibility index (Phi) is 8.76. The van der Waals surface area contributed by atoms with Crippen LogP contribution in [0.1, 0.15) is 68.9 Å². The molecule has 1 aromatic carbocycles. The van der Waals surface area contributed by atoms with Crippen molar-refractivity contribution in [2.24, 2.45) is 17.4 Å². The van der Waals surface area contributed by atoms with E-state index in [2.05, 4.69) is 32.7 Å². The van der Waals surface area contributed by atoms with Gasteiger partial charge in [0.05, 0.1) is 11.9 Å². The molecule has 0 spiro atoms. The second kappa shape index (κ2) is 12.4. The first kappa shape index (κ1) is 26.2. The number of nitrogens with two attached hydrogens (primary N) is 2. The molecule has 2 fully saturated rings. The number of nitrogens with zero attached hydrogens (tertiary/aromatic N) is 3. The SMILES string of the molecule is NCCCN(CCCN)C[C@H]1CC[C@H](n2cc3c(nc2=O)Nc2cc(C4CCNCC4)ccc2O3)CC1. The third-order valence-corrected chi connectivity index (χ3v) is 8.29. The van der Waals surface area contributed by atoms with Gasteiger partial charge in [0.15, 0.2) is 17.3 Å². The molecule has 9 nitrogen and oxygen atoms in total. The van der Waals surface area contributed by atoms with E-state index in [1.54, 1.807) is 4.57 Å². The summed E-state index contributed by atoms with van der Waals surface area (Å²) in [5.41, 5.74) is 13.5. The van der Waals surface area contributed by atoms with Gasteiger partial charge in [-0.1, -0.05) is 6.07 Å². The lowest BCUT2D eigenvalue weighted by Gasteiger charge is -2.33. The highest BCUT2D eigenvalue weighted by atomic mass is 16.5. The van der Waals surface area contributed by atoms with Crippen molar-refractivity contribution in [1.29, 1.82) is 0 Å². The van der Waals surface area contributed by atoms with Gasteiger partial charge in [0, 0.05) is 12.6 Å². The molecule has 1 saturated carbocycles. The van der Waals surface area contributed by atoms with E-state index in [0.29, 0.717) is 23.4 Å². The van der Waals surface area contributed by atoms with E-state index in [0.717, 1.165) is 109 Å². The second-order valence-corrected chi connectivity index (χ2v) is 10.9. The van der Waals surface area contributed by atoms with Crippen LogP contribution < -0.4 is 32.5 Å². The van der Waals surface area contributed by atoms with Crippen molar-refractivity contribution in [2.45, 2.75) is 63.3 Å². The van der Waals surface area contributed by atoms with Crippen molar-refractivity contribution in [1.82, 2.24) is 19.8 Å². The number of anilines is 2.